The van der Waals surface area contributed by atoms with Crippen LogP contribution in [-0.4, -0.2) is 30.2 Å². The lowest BCUT2D eigenvalue weighted by Crippen LogP contribution is -2.12. The Labute approximate surface area is 145 Å². The molecular weight excluding hydrogens is 326 g/mol. The van der Waals surface area contributed by atoms with Crippen LogP contribution in [0.15, 0.2) is 28.7 Å². The summed E-state index contributed by atoms with van der Waals surface area (Å²) in [4.78, 5) is 23.7. The van der Waals surface area contributed by atoms with E-state index < -0.39 is 11.9 Å². The van der Waals surface area contributed by atoms with Crippen LogP contribution in [0.2, 0.25) is 0 Å². The van der Waals surface area contributed by atoms with Crippen molar-refractivity contribution in [1.29, 1.82) is 0 Å². The molecule has 0 aliphatic heterocycles. The van der Waals surface area contributed by atoms with Crippen LogP contribution in [-0.2, 0) is 6.42 Å². The number of benzene rings is 1. The number of aromatic carboxylic acids is 1. The Balaban J connectivity index is 2.30. The van der Waals surface area contributed by atoms with Crippen LogP contribution in [0.5, 0.6) is 11.5 Å². The van der Waals surface area contributed by atoms with Crippen LogP contribution >= 0.6 is 0 Å². The minimum absolute atomic E-state index is 0.0132. The Bertz CT molecular complexity index is 765. The van der Waals surface area contributed by atoms with Gasteiger partial charge in [-0.2, -0.15) is 0 Å². The second kappa shape index (κ2) is 8.23. The molecule has 0 aliphatic carbocycles. The molecule has 1 heterocycles. The first-order valence-corrected chi connectivity index (χ1v) is 8.07. The summed E-state index contributed by atoms with van der Waals surface area (Å²) in [6, 6.07) is 6.32. The molecule has 1 aromatic carbocycles. The van der Waals surface area contributed by atoms with Crippen molar-refractivity contribution < 1.29 is 28.6 Å². The lowest BCUT2D eigenvalue weighted by Gasteiger charge is -2.13. The van der Waals surface area contributed by atoms with E-state index in [1.165, 1.54) is 6.07 Å². The molecule has 2 aromatic rings. The van der Waals surface area contributed by atoms with Crippen molar-refractivity contribution in [2.24, 2.45) is 0 Å². The normalized spacial score (nSPS) is 10.4. The molecule has 7 nitrogen and oxygen atoms in total. The minimum atomic E-state index is -1.13. The van der Waals surface area contributed by atoms with Gasteiger partial charge in [-0.05, 0) is 26.0 Å². The minimum Gasteiger partial charge on any atom is -0.494 e. The molecular formula is C18H21NO6. The van der Waals surface area contributed by atoms with Crippen LogP contribution in [0.1, 0.15) is 47.4 Å². The summed E-state index contributed by atoms with van der Waals surface area (Å²) in [5.74, 6) is -0.435. The van der Waals surface area contributed by atoms with Crippen LogP contribution in [0.4, 0.5) is 5.69 Å². The van der Waals surface area contributed by atoms with E-state index >= 15 is 0 Å². The number of aryl methyl sites for hydroxylation is 1. The molecule has 25 heavy (non-hydrogen) atoms. The third-order valence-electron chi connectivity index (χ3n) is 3.39. The molecule has 1 amide bonds. The van der Waals surface area contributed by atoms with Crippen molar-refractivity contribution in [1.82, 2.24) is 0 Å². The molecule has 1 aromatic heterocycles. The number of ether oxygens (including phenoxy) is 2. The fourth-order valence-electron chi connectivity index (χ4n) is 2.31. The molecule has 0 saturated carbocycles. The van der Waals surface area contributed by atoms with E-state index in [1.54, 1.807) is 25.1 Å². The number of anilines is 1. The highest BCUT2D eigenvalue weighted by Gasteiger charge is 2.21. The average Bonchev–Trinajstić information content (AvgIpc) is 3.02. The van der Waals surface area contributed by atoms with Gasteiger partial charge in [-0.15, -0.1) is 0 Å². The second-order valence-corrected chi connectivity index (χ2v) is 5.08. The smallest absolute Gasteiger partial charge is 0.339 e. The van der Waals surface area contributed by atoms with Gasteiger partial charge in [0.2, 0.25) is 0 Å². The van der Waals surface area contributed by atoms with Crippen molar-refractivity contribution in [3.8, 4) is 11.5 Å². The van der Waals surface area contributed by atoms with Gasteiger partial charge in [0.05, 0.1) is 18.9 Å². The van der Waals surface area contributed by atoms with Crippen LogP contribution < -0.4 is 14.8 Å². The van der Waals surface area contributed by atoms with Gasteiger partial charge < -0.3 is 24.3 Å². The number of hydrogen-bond donors (Lipinski definition) is 2. The first-order valence-electron chi connectivity index (χ1n) is 8.07. The SMILES string of the molecule is CCOc1ccc(OCC)c(NC(=O)c2cc(C(=O)O)c(CC)o2)c1. The largest absolute Gasteiger partial charge is 0.494 e. The van der Waals surface area contributed by atoms with Gasteiger partial charge in [0, 0.05) is 18.6 Å². The standard InChI is InChI=1S/C18H21NO6/c1-4-14-12(18(21)22)10-16(25-14)17(20)19-13-9-11(23-5-2)7-8-15(13)24-6-3/h7-10H,4-6H2,1-3H3,(H,19,20)(H,21,22). The van der Waals surface area contributed by atoms with Crippen molar-refractivity contribution in [2.75, 3.05) is 18.5 Å². The molecule has 0 unspecified atom stereocenters. The first-order chi connectivity index (χ1) is 12.0. The lowest BCUT2D eigenvalue weighted by atomic mass is 10.2. The molecule has 0 bridgehead atoms. The molecule has 0 fully saturated rings. The molecule has 0 saturated heterocycles. The Hall–Kier alpha value is -2.96. The fourth-order valence-corrected chi connectivity index (χ4v) is 2.31. The molecule has 0 radical (unpaired) electrons. The highest BCUT2D eigenvalue weighted by atomic mass is 16.5. The number of carbonyl (C=O) groups is 2. The Morgan fingerprint density at radius 2 is 1.84 bits per heavy atom. The van der Waals surface area contributed by atoms with Gasteiger partial charge in [0.15, 0.2) is 5.76 Å². The summed E-state index contributed by atoms with van der Waals surface area (Å²) in [6.45, 7) is 6.37. The zero-order valence-corrected chi connectivity index (χ0v) is 14.4. The maximum absolute atomic E-state index is 12.4. The molecule has 2 rings (SSSR count). The summed E-state index contributed by atoms with van der Waals surface area (Å²) in [7, 11) is 0. The van der Waals surface area contributed by atoms with Crippen molar-refractivity contribution in [3.63, 3.8) is 0 Å². The van der Waals surface area contributed by atoms with E-state index in [0.29, 0.717) is 36.8 Å². The van der Waals surface area contributed by atoms with Crippen molar-refractivity contribution in [3.05, 3.63) is 41.3 Å². The zero-order chi connectivity index (χ0) is 18.4. The maximum atomic E-state index is 12.4. The predicted molar refractivity (Wildman–Crippen MR) is 91.8 cm³/mol. The Morgan fingerprint density at radius 1 is 1.12 bits per heavy atom. The topological polar surface area (TPSA) is 98.0 Å². The van der Waals surface area contributed by atoms with E-state index in [1.807, 2.05) is 13.8 Å². The monoisotopic (exact) mass is 347 g/mol. The number of carboxylic acids is 1. The highest BCUT2D eigenvalue weighted by Crippen LogP contribution is 2.30. The van der Waals surface area contributed by atoms with Gasteiger partial charge in [0.25, 0.3) is 5.91 Å². The second-order valence-electron chi connectivity index (χ2n) is 5.08. The van der Waals surface area contributed by atoms with E-state index in [4.69, 9.17) is 19.0 Å². The quantitative estimate of drug-likeness (QED) is 0.757. The van der Waals surface area contributed by atoms with Gasteiger partial charge in [-0.3, -0.25) is 4.79 Å². The van der Waals surface area contributed by atoms with E-state index in [-0.39, 0.29) is 17.1 Å². The maximum Gasteiger partial charge on any atom is 0.339 e. The van der Waals surface area contributed by atoms with Gasteiger partial charge in [-0.1, -0.05) is 6.92 Å². The summed E-state index contributed by atoms with van der Waals surface area (Å²) < 4.78 is 16.3. The number of rotatable bonds is 8. The lowest BCUT2D eigenvalue weighted by molar-refractivity contribution is 0.0694. The number of amides is 1. The number of hydrogen-bond acceptors (Lipinski definition) is 5. The molecule has 0 atom stereocenters. The summed E-state index contributed by atoms with van der Waals surface area (Å²) in [5, 5.41) is 11.8. The molecule has 0 spiro atoms. The predicted octanol–water partition coefficient (Wildman–Crippen LogP) is 3.59. The highest BCUT2D eigenvalue weighted by molar-refractivity contribution is 6.04. The number of carboxylic acid groups (broad SMARTS) is 1. The first kappa shape index (κ1) is 18.4. The number of nitrogens with one attached hydrogen (secondary N) is 1. The Kier molecular flexibility index (Phi) is 6.05. The van der Waals surface area contributed by atoms with Crippen molar-refractivity contribution >= 4 is 17.6 Å². The molecule has 134 valence electrons. The Morgan fingerprint density at radius 3 is 2.40 bits per heavy atom. The van der Waals surface area contributed by atoms with Gasteiger partial charge in [0.1, 0.15) is 22.8 Å². The molecule has 0 aliphatic rings. The molecule has 2 N–H and O–H groups in total. The van der Waals surface area contributed by atoms with Gasteiger partial charge >= 0.3 is 5.97 Å². The van der Waals surface area contributed by atoms with Crippen LogP contribution in [0.3, 0.4) is 0 Å². The van der Waals surface area contributed by atoms with Crippen LogP contribution in [0, 0.1) is 0 Å². The molecule has 7 heteroatoms. The van der Waals surface area contributed by atoms with Crippen LogP contribution in [0.25, 0.3) is 0 Å². The van der Waals surface area contributed by atoms with Gasteiger partial charge in [-0.25, -0.2) is 4.79 Å². The van der Waals surface area contributed by atoms with E-state index in [0.717, 1.165) is 0 Å². The number of carbonyl (C=O) groups excluding carboxylic acids is 1. The van der Waals surface area contributed by atoms with E-state index in [9.17, 15) is 9.59 Å². The average molecular weight is 347 g/mol. The summed E-state index contributed by atoms with van der Waals surface area (Å²) in [5.41, 5.74) is 0.407. The van der Waals surface area contributed by atoms with Crippen molar-refractivity contribution in [2.45, 2.75) is 27.2 Å². The van der Waals surface area contributed by atoms with E-state index in [2.05, 4.69) is 5.32 Å². The summed E-state index contributed by atoms with van der Waals surface area (Å²) >= 11 is 0. The third kappa shape index (κ3) is 4.32. The third-order valence-corrected chi connectivity index (χ3v) is 3.39. The summed E-state index contributed by atoms with van der Waals surface area (Å²) in [6.07, 6.45) is 0.374. The fraction of sp³-hybridized carbons (Fsp3) is 0.333. The number of furan rings is 1. The zero-order valence-electron chi connectivity index (χ0n) is 14.4.